The number of unbranched alkanes of at least 4 members (excludes halogenated alkanes) is 40. The van der Waals surface area contributed by atoms with Gasteiger partial charge in [-0.2, -0.15) is 0 Å². The molecular weight excluding hydrogens is 1260 g/mol. The van der Waals surface area contributed by atoms with E-state index < -0.39 is 97.5 Å². The van der Waals surface area contributed by atoms with Crippen LogP contribution in [-0.2, 0) is 65.4 Å². The monoisotopic (exact) mass is 1410 g/mol. The molecule has 0 fully saturated rings. The fourth-order valence-electron chi connectivity index (χ4n) is 11.3. The number of esters is 4. The average Bonchev–Trinajstić information content (AvgIpc) is 1.46. The summed E-state index contributed by atoms with van der Waals surface area (Å²) in [7, 11) is -9.92. The Kier molecular flexibility index (Phi) is 66.6. The molecule has 0 spiro atoms. The molecule has 6 atom stereocenters. The molecule has 0 saturated carbocycles. The van der Waals surface area contributed by atoms with E-state index in [2.05, 4.69) is 65.8 Å². The predicted molar refractivity (Wildman–Crippen MR) is 391 cm³/mol. The van der Waals surface area contributed by atoms with Gasteiger partial charge in [0.05, 0.1) is 26.4 Å². The Hall–Kier alpha value is -2.46. The van der Waals surface area contributed by atoms with Gasteiger partial charge in [0.25, 0.3) is 0 Å². The molecule has 0 heterocycles. The van der Waals surface area contributed by atoms with Gasteiger partial charge in [0.1, 0.15) is 19.3 Å². The second kappa shape index (κ2) is 68.3. The van der Waals surface area contributed by atoms with Crippen molar-refractivity contribution in [2.45, 2.75) is 394 Å². The molecule has 0 saturated heterocycles. The summed E-state index contributed by atoms with van der Waals surface area (Å²) >= 11 is 0. The number of hydrogen-bond acceptors (Lipinski definition) is 15. The Morgan fingerprint density at radius 2 is 0.615 bits per heavy atom. The predicted octanol–water partition coefficient (Wildman–Crippen LogP) is 22.3. The van der Waals surface area contributed by atoms with E-state index in [4.69, 9.17) is 37.0 Å². The minimum atomic E-state index is -4.97. The van der Waals surface area contributed by atoms with Crippen LogP contribution in [0, 0.1) is 11.8 Å². The van der Waals surface area contributed by atoms with Crippen LogP contribution in [0.15, 0.2) is 24.3 Å². The Morgan fingerprint density at radius 1 is 0.344 bits per heavy atom. The first-order chi connectivity index (χ1) is 46.4. The van der Waals surface area contributed by atoms with Crippen LogP contribution in [0.4, 0.5) is 0 Å². The van der Waals surface area contributed by atoms with E-state index in [0.717, 1.165) is 121 Å². The van der Waals surface area contributed by atoms with Gasteiger partial charge < -0.3 is 33.8 Å². The lowest BCUT2D eigenvalue weighted by Crippen LogP contribution is -2.30. The molecule has 0 rings (SSSR count). The lowest BCUT2D eigenvalue weighted by Gasteiger charge is -2.21. The van der Waals surface area contributed by atoms with Crippen LogP contribution in [0.25, 0.3) is 0 Å². The lowest BCUT2D eigenvalue weighted by atomic mass is 9.99. The van der Waals surface area contributed by atoms with Gasteiger partial charge in [-0.05, 0) is 63.2 Å². The van der Waals surface area contributed by atoms with Crippen molar-refractivity contribution >= 4 is 39.5 Å². The molecule has 0 aromatic heterocycles. The number of rotatable bonds is 74. The lowest BCUT2D eigenvalue weighted by molar-refractivity contribution is -0.161. The first kappa shape index (κ1) is 93.5. The highest BCUT2D eigenvalue weighted by Crippen LogP contribution is 2.45. The third kappa shape index (κ3) is 68.7. The normalized spacial score (nSPS) is 14.4. The van der Waals surface area contributed by atoms with Crippen LogP contribution < -0.4 is 0 Å². The van der Waals surface area contributed by atoms with E-state index >= 15 is 0 Å². The molecule has 0 aliphatic heterocycles. The third-order valence-electron chi connectivity index (χ3n) is 17.7. The summed E-state index contributed by atoms with van der Waals surface area (Å²) in [5.74, 6) is -0.571. The third-order valence-corrected chi connectivity index (χ3v) is 19.6. The van der Waals surface area contributed by atoms with Crippen molar-refractivity contribution in [1.29, 1.82) is 0 Å². The largest absolute Gasteiger partial charge is 0.472 e. The van der Waals surface area contributed by atoms with Crippen LogP contribution in [0.3, 0.4) is 0 Å². The minimum absolute atomic E-state index is 0.101. The fraction of sp³-hybridized carbons (Fsp3) is 0.896. The number of aliphatic hydroxyl groups is 1. The van der Waals surface area contributed by atoms with Gasteiger partial charge in [-0.15, -0.1) is 0 Å². The van der Waals surface area contributed by atoms with E-state index in [0.29, 0.717) is 25.7 Å². The van der Waals surface area contributed by atoms with Crippen molar-refractivity contribution in [3.63, 3.8) is 0 Å². The van der Waals surface area contributed by atoms with Gasteiger partial charge in [-0.1, -0.05) is 323 Å². The zero-order valence-corrected chi connectivity index (χ0v) is 63.9. The van der Waals surface area contributed by atoms with Crippen molar-refractivity contribution in [3.05, 3.63) is 24.3 Å². The van der Waals surface area contributed by atoms with E-state index in [1.165, 1.54) is 173 Å². The molecule has 0 aliphatic rings. The second-order valence-electron chi connectivity index (χ2n) is 27.8. The molecule has 0 radical (unpaired) electrons. The van der Waals surface area contributed by atoms with Crippen molar-refractivity contribution in [3.8, 4) is 0 Å². The molecule has 19 heteroatoms. The van der Waals surface area contributed by atoms with E-state index in [-0.39, 0.29) is 25.7 Å². The van der Waals surface area contributed by atoms with Gasteiger partial charge in [0.2, 0.25) is 0 Å². The summed E-state index contributed by atoms with van der Waals surface area (Å²) in [4.78, 5) is 72.8. The molecule has 96 heavy (non-hydrogen) atoms. The zero-order chi connectivity index (χ0) is 70.7. The summed E-state index contributed by atoms with van der Waals surface area (Å²) in [6, 6.07) is 0. The number of ether oxygens (including phenoxy) is 4. The first-order valence-electron chi connectivity index (χ1n) is 39.3. The van der Waals surface area contributed by atoms with Gasteiger partial charge in [-0.3, -0.25) is 37.3 Å². The maximum Gasteiger partial charge on any atom is 0.472 e. The molecule has 0 amide bonds. The number of allylic oxidation sites excluding steroid dienone is 4. The molecular formula is C77H146O17P2. The molecule has 0 aromatic rings. The topological polar surface area (TPSA) is 237 Å². The van der Waals surface area contributed by atoms with Gasteiger partial charge in [0.15, 0.2) is 12.2 Å². The van der Waals surface area contributed by atoms with Crippen molar-refractivity contribution in [2.75, 3.05) is 39.6 Å². The number of phosphoric acid groups is 2. The summed E-state index contributed by atoms with van der Waals surface area (Å²) in [6.45, 7) is 9.55. The highest BCUT2D eigenvalue weighted by molar-refractivity contribution is 7.47. The maximum absolute atomic E-state index is 13.1. The standard InChI is InChI=1S/C77H146O17P2/c1-7-10-12-14-16-18-20-21-24-28-31-35-42-48-54-60-75(80)88-65-72(93-76(81)61-55-49-43-36-32-29-26-23-22-25-27-30-33-39-45-51-57-69(4)5)67-91-95(83,84)89-63-71(78)64-90-96(85,86)92-68-73(66-87-74(79)59-53-47-41-34-19-17-15-13-11-8-2)94-77(82)62-56-50-44-38-37-40-46-52-58-70(6)9-3/h18,20-21,24,69-73,78H,7-17,19,22-23,25-68H2,1-6H3,(H,83,84)(H,85,86)/b20-18-,24-21-/t70?,71-,72-,73-/m1/s1. The number of hydrogen-bond donors (Lipinski definition) is 3. The summed E-state index contributed by atoms with van der Waals surface area (Å²) in [5, 5.41) is 10.6. The van der Waals surface area contributed by atoms with Gasteiger partial charge in [-0.25, -0.2) is 9.13 Å². The summed E-state index contributed by atoms with van der Waals surface area (Å²) in [6.07, 6.45) is 59.0. The quantitative estimate of drug-likeness (QED) is 0.0169. The summed E-state index contributed by atoms with van der Waals surface area (Å²) in [5.41, 5.74) is 0. The maximum atomic E-state index is 13.1. The van der Waals surface area contributed by atoms with Gasteiger partial charge in [0, 0.05) is 25.7 Å². The van der Waals surface area contributed by atoms with Crippen LogP contribution in [0.1, 0.15) is 375 Å². The van der Waals surface area contributed by atoms with E-state index in [1.807, 2.05) is 0 Å². The molecule has 0 bridgehead atoms. The minimum Gasteiger partial charge on any atom is -0.462 e. The fourth-order valence-corrected chi connectivity index (χ4v) is 12.8. The smallest absolute Gasteiger partial charge is 0.462 e. The summed E-state index contributed by atoms with van der Waals surface area (Å²) < 4.78 is 68.5. The highest BCUT2D eigenvalue weighted by atomic mass is 31.2. The van der Waals surface area contributed by atoms with Crippen molar-refractivity contribution in [2.24, 2.45) is 11.8 Å². The van der Waals surface area contributed by atoms with Crippen LogP contribution in [-0.4, -0.2) is 96.7 Å². The Balaban J connectivity index is 5.27. The molecule has 17 nitrogen and oxygen atoms in total. The Bertz CT molecular complexity index is 1950. The van der Waals surface area contributed by atoms with Crippen LogP contribution in [0.2, 0.25) is 0 Å². The molecule has 566 valence electrons. The average molecular weight is 1410 g/mol. The molecule has 0 aromatic carbocycles. The van der Waals surface area contributed by atoms with Crippen LogP contribution >= 0.6 is 15.6 Å². The molecule has 0 aliphatic carbocycles. The van der Waals surface area contributed by atoms with Crippen LogP contribution in [0.5, 0.6) is 0 Å². The molecule has 3 unspecified atom stereocenters. The highest BCUT2D eigenvalue weighted by Gasteiger charge is 2.30. The number of carbonyl (C=O) groups is 4. The van der Waals surface area contributed by atoms with Gasteiger partial charge >= 0.3 is 39.5 Å². The zero-order valence-electron chi connectivity index (χ0n) is 62.2. The SMILES string of the molecule is CCCCCC/C=C\C=C/CCCCCCCC(=O)OC[C@H](COP(=O)(O)OC[C@@H](O)COP(=O)(O)OC[C@@H](COC(=O)CCCCCCCCCCCC)OC(=O)CCCCCCCCCCC(C)CC)OC(=O)CCCCCCCCCCCCCCCCCCC(C)C. The number of carbonyl (C=O) groups excluding carboxylic acids is 4. The van der Waals surface area contributed by atoms with E-state index in [9.17, 15) is 43.2 Å². The van der Waals surface area contributed by atoms with E-state index in [1.54, 1.807) is 0 Å². The Morgan fingerprint density at radius 3 is 0.938 bits per heavy atom. The molecule has 3 N–H and O–H groups in total. The number of phosphoric ester groups is 2. The number of aliphatic hydroxyl groups excluding tert-OH is 1. The second-order valence-corrected chi connectivity index (χ2v) is 30.7. The Labute approximate surface area is 586 Å². The van der Waals surface area contributed by atoms with Crippen molar-refractivity contribution < 1.29 is 80.2 Å². The van der Waals surface area contributed by atoms with Crippen molar-refractivity contribution in [1.82, 2.24) is 0 Å². The first-order valence-corrected chi connectivity index (χ1v) is 42.3.